The van der Waals surface area contributed by atoms with Crippen LogP contribution in [0.2, 0.25) is 0 Å². The van der Waals surface area contributed by atoms with Gasteiger partial charge in [-0.05, 0) is 38.8 Å². The summed E-state index contributed by atoms with van der Waals surface area (Å²) in [6.07, 6.45) is 0. The van der Waals surface area contributed by atoms with Crippen LogP contribution in [0.25, 0.3) is 0 Å². The number of hydrogen-bond acceptors (Lipinski definition) is 3. The first kappa shape index (κ1) is 15.0. The van der Waals surface area contributed by atoms with Gasteiger partial charge in [0.1, 0.15) is 0 Å². The monoisotopic (exact) mass is 275 g/mol. The Hall–Kier alpha value is -1.39. The average Bonchev–Trinajstić information content (AvgIpc) is 2.33. The Bertz CT molecular complexity index is 475. The molecule has 1 aliphatic rings. The van der Waals surface area contributed by atoms with Gasteiger partial charge in [0.25, 0.3) is 0 Å². The maximum absolute atomic E-state index is 12.2. The van der Waals surface area contributed by atoms with Crippen LogP contribution in [0.15, 0.2) is 12.1 Å². The minimum absolute atomic E-state index is 0.0779. The van der Waals surface area contributed by atoms with Gasteiger partial charge in [0.15, 0.2) is 0 Å². The van der Waals surface area contributed by atoms with E-state index in [2.05, 4.69) is 41.5 Å². The number of hydrogen-bond donors (Lipinski definition) is 2. The summed E-state index contributed by atoms with van der Waals surface area (Å²) in [5.41, 5.74) is 4.45. The Morgan fingerprint density at radius 3 is 2.60 bits per heavy atom. The maximum Gasteiger partial charge on any atom is 0.238 e. The second-order valence-corrected chi connectivity index (χ2v) is 5.91. The Labute approximate surface area is 121 Å². The summed E-state index contributed by atoms with van der Waals surface area (Å²) in [6, 6.07) is 4.67. The molecule has 0 saturated carbocycles. The van der Waals surface area contributed by atoms with Gasteiger partial charge in [0.05, 0.1) is 6.54 Å². The van der Waals surface area contributed by atoms with Crippen LogP contribution in [0.3, 0.4) is 0 Å². The van der Waals surface area contributed by atoms with Crippen molar-refractivity contribution in [3.8, 4) is 0 Å². The van der Waals surface area contributed by atoms with Crippen molar-refractivity contribution in [1.29, 1.82) is 0 Å². The maximum atomic E-state index is 12.2. The topological polar surface area (TPSA) is 44.4 Å². The largest absolute Gasteiger partial charge is 0.324 e. The van der Waals surface area contributed by atoms with Crippen LogP contribution in [0.5, 0.6) is 0 Å². The van der Waals surface area contributed by atoms with E-state index in [1.165, 1.54) is 5.56 Å². The van der Waals surface area contributed by atoms with Crippen LogP contribution in [0.4, 0.5) is 5.69 Å². The number of nitrogens with one attached hydrogen (secondary N) is 2. The van der Waals surface area contributed by atoms with E-state index in [4.69, 9.17) is 0 Å². The molecule has 1 fully saturated rings. The molecule has 1 heterocycles. The molecule has 1 aromatic carbocycles. The lowest BCUT2D eigenvalue weighted by Gasteiger charge is -2.31. The first-order valence-electron chi connectivity index (χ1n) is 7.29. The van der Waals surface area contributed by atoms with Gasteiger partial charge in [0.2, 0.25) is 5.91 Å². The zero-order valence-corrected chi connectivity index (χ0v) is 12.9. The molecule has 20 heavy (non-hydrogen) atoms. The van der Waals surface area contributed by atoms with Crippen LogP contribution in [-0.2, 0) is 4.79 Å². The highest BCUT2D eigenvalue weighted by atomic mass is 16.2. The minimum atomic E-state index is 0.0779. The predicted octanol–water partition coefficient (Wildman–Crippen LogP) is 1.84. The van der Waals surface area contributed by atoms with E-state index in [1.807, 2.05) is 13.8 Å². The lowest BCUT2D eigenvalue weighted by molar-refractivity contribution is -0.117. The summed E-state index contributed by atoms with van der Waals surface area (Å²) in [6.45, 7) is 11.6. The number of aryl methyl sites for hydroxylation is 3. The van der Waals surface area contributed by atoms with Gasteiger partial charge in [0, 0.05) is 31.4 Å². The van der Waals surface area contributed by atoms with Crippen molar-refractivity contribution in [2.75, 3.05) is 31.5 Å². The molecular formula is C16H25N3O. The van der Waals surface area contributed by atoms with Crippen molar-refractivity contribution in [3.63, 3.8) is 0 Å². The summed E-state index contributed by atoms with van der Waals surface area (Å²) in [5.74, 6) is 0.0779. The van der Waals surface area contributed by atoms with Gasteiger partial charge < -0.3 is 10.6 Å². The smallest absolute Gasteiger partial charge is 0.238 e. The standard InChI is InChI=1S/C16H25N3O/c1-11-7-12(2)16(13(3)8-11)18-15(20)10-19-6-5-17-14(4)9-19/h7-8,14,17H,5-6,9-10H2,1-4H3,(H,18,20). The van der Waals surface area contributed by atoms with Gasteiger partial charge in [-0.1, -0.05) is 17.7 Å². The summed E-state index contributed by atoms with van der Waals surface area (Å²) in [4.78, 5) is 14.4. The van der Waals surface area contributed by atoms with Gasteiger partial charge in [-0.3, -0.25) is 9.69 Å². The highest BCUT2D eigenvalue weighted by molar-refractivity contribution is 5.93. The molecule has 1 aromatic rings. The third kappa shape index (κ3) is 3.81. The SMILES string of the molecule is Cc1cc(C)c(NC(=O)CN2CCNC(C)C2)c(C)c1. The second kappa shape index (κ2) is 6.37. The molecule has 1 aliphatic heterocycles. The van der Waals surface area contributed by atoms with Crippen LogP contribution in [-0.4, -0.2) is 43.0 Å². The van der Waals surface area contributed by atoms with E-state index in [0.717, 1.165) is 36.4 Å². The number of anilines is 1. The van der Waals surface area contributed by atoms with E-state index in [9.17, 15) is 4.79 Å². The van der Waals surface area contributed by atoms with Crippen LogP contribution in [0.1, 0.15) is 23.6 Å². The van der Waals surface area contributed by atoms with Crippen molar-refractivity contribution >= 4 is 11.6 Å². The van der Waals surface area contributed by atoms with Crippen LogP contribution in [0, 0.1) is 20.8 Å². The van der Waals surface area contributed by atoms with Crippen molar-refractivity contribution in [3.05, 3.63) is 28.8 Å². The highest BCUT2D eigenvalue weighted by Crippen LogP contribution is 2.21. The number of carbonyl (C=O) groups is 1. The molecule has 1 saturated heterocycles. The minimum Gasteiger partial charge on any atom is -0.324 e. The van der Waals surface area contributed by atoms with Gasteiger partial charge in [-0.25, -0.2) is 0 Å². The first-order valence-corrected chi connectivity index (χ1v) is 7.29. The molecule has 110 valence electrons. The predicted molar refractivity (Wildman–Crippen MR) is 83.2 cm³/mol. The molecule has 1 atom stereocenters. The zero-order valence-electron chi connectivity index (χ0n) is 12.9. The molecule has 0 aromatic heterocycles. The zero-order chi connectivity index (χ0) is 14.7. The van der Waals surface area contributed by atoms with Crippen LogP contribution < -0.4 is 10.6 Å². The molecule has 0 bridgehead atoms. The van der Waals surface area contributed by atoms with Crippen molar-refractivity contribution in [1.82, 2.24) is 10.2 Å². The summed E-state index contributed by atoms with van der Waals surface area (Å²) in [7, 11) is 0. The molecular weight excluding hydrogens is 250 g/mol. The number of amides is 1. The quantitative estimate of drug-likeness (QED) is 0.885. The fourth-order valence-corrected chi connectivity index (χ4v) is 2.92. The normalized spacial score (nSPS) is 19.9. The summed E-state index contributed by atoms with van der Waals surface area (Å²) in [5, 5.41) is 6.45. The summed E-state index contributed by atoms with van der Waals surface area (Å²) < 4.78 is 0. The van der Waals surface area contributed by atoms with Gasteiger partial charge in [-0.2, -0.15) is 0 Å². The number of benzene rings is 1. The number of carbonyl (C=O) groups excluding carboxylic acids is 1. The Morgan fingerprint density at radius 1 is 1.35 bits per heavy atom. The number of nitrogens with zero attached hydrogens (tertiary/aromatic N) is 1. The molecule has 4 heteroatoms. The van der Waals surface area contributed by atoms with Crippen molar-refractivity contribution < 1.29 is 4.79 Å². The molecule has 1 amide bonds. The molecule has 2 N–H and O–H groups in total. The van der Waals surface area contributed by atoms with E-state index < -0.39 is 0 Å². The van der Waals surface area contributed by atoms with Gasteiger partial charge in [-0.15, -0.1) is 0 Å². The fraction of sp³-hybridized carbons (Fsp3) is 0.562. The van der Waals surface area contributed by atoms with E-state index in [-0.39, 0.29) is 5.91 Å². The fourth-order valence-electron chi connectivity index (χ4n) is 2.92. The first-order chi connectivity index (χ1) is 9.45. The lowest BCUT2D eigenvalue weighted by atomic mass is 10.1. The second-order valence-electron chi connectivity index (χ2n) is 5.91. The Kier molecular flexibility index (Phi) is 4.78. The number of rotatable bonds is 3. The summed E-state index contributed by atoms with van der Waals surface area (Å²) >= 11 is 0. The molecule has 0 spiro atoms. The average molecular weight is 275 g/mol. The molecule has 2 rings (SSSR count). The van der Waals surface area contributed by atoms with Crippen molar-refractivity contribution in [2.24, 2.45) is 0 Å². The molecule has 4 nitrogen and oxygen atoms in total. The van der Waals surface area contributed by atoms with Gasteiger partial charge >= 0.3 is 0 Å². The third-order valence-electron chi connectivity index (χ3n) is 3.76. The number of piperazine rings is 1. The van der Waals surface area contributed by atoms with E-state index >= 15 is 0 Å². The molecule has 1 unspecified atom stereocenters. The van der Waals surface area contributed by atoms with Crippen molar-refractivity contribution in [2.45, 2.75) is 33.7 Å². The third-order valence-corrected chi connectivity index (χ3v) is 3.76. The van der Waals surface area contributed by atoms with E-state index in [0.29, 0.717) is 12.6 Å². The highest BCUT2D eigenvalue weighted by Gasteiger charge is 2.18. The van der Waals surface area contributed by atoms with E-state index in [1.54, 1.807) is 0 Å². The molecule has 0 radical (unpaired) electrons. The Morgan fingerprint density at radius 2 is 2.00 bits per heavy atom. The Balaban J connectivity index is 1.98. The lowest BCUT2D eigenvalue weighted by Crippen LogP contribution is -2.51. The molecule has 0 aliphatic carbocycles. The van der Waals surface area contributed by atoms with Crippen LogP contribution >= 0.6 is 0 Å².